The Morgan fingerprint density at radius 2 is 1.93 bits per heavy atom. The smallest absolute Gasteiger partial charge is 0.422 e. The third kappa shape index (κ3) is 3.12. The molecule has 0 fully saturated rings. The zero-order chi connectivity index (χ0) is 10.8. The summed E-state index contributed by atoms with van der Waals surface area (Å²) in [4.78, 5) is 0. The normalized spacial score (nSPS) is 11.4. The van der Waals surface area contributed by atoms with Gasteiger partial charge in [0.05, 0.1) is 5.69 Å². The number of ether oxygens (including phenoxy) is 1. The Morgan fingerprint density at radius 3 is 2.50 bits per heavy atom. The van der Waals surface area contributed by atoms with E-state index in [2.05, 4.69) is 4.74 Å². The maximum atomic E-state index is 12.6. The lowest BCUT2D eigenvalue weighted by atomic mass is 10.3. The van der Waals surface area contributed by atoms with Gasteiger partial charge in [-0.25, -0.2) is 4.39 Å². The molecule has 0 amide bonds. The number of rotatable bonds is 2. The largest absolute Gasteiger partial charge is 0.482 e. The van der Waals surface area contributed by atoms with E-state index in [9.17, 15) is 17.6 Å². The van der Waals surface area contributed by atoms with Gasteiger partial charge in [-0.3, -0.25) is 0 Å². The second-order valence-corrected chi connectivity index (χ2v) is 2.59. The summed E-state index contributed by atoms with van der Waals surface area (Å²) in [6, 6.07) is 2.98. The van der Waals surface area contributed by atoms with Crippen LogP contribution in [-0.2, 0) is 0 Å². The summed E-state index contributed by atoms with van der Waals surface area (Å²) in [6.07, 6.45) is -4.46. The molecule has 0 atom stereocenters. The number of alkyl halides is 3. The van der Waals surface area contributed by atoms with Gasteiger partial charge in [0.1, 0.15) is 11.6 Å². The molecule has 0 saturated heterocycles. The maximum absolute atomic E-state index is 12.6. The minimum absolute atomic E-state index is 0.0318. The van der Waals surface area contributed by atoms with E-state index in [4.69, 9.17) is 5.73 Å². The van der Waals surface area contributed by atoms with Gasteiger partial charge in [0.15, 0.2) is 6.61 Å². The number of anilines is 1. The van der Waals surface area contributed by atoms with Crippen molar-refractivity contribution in [2.45, 2.75) is 6.18 Å². The maximum Gasteiger partial charge on any atom is 0.422 e. The summed E-state index contributed by atoms with van der Waals surface area (Å²) < 4.78 is 52.0. The summed E-state index contributed by atoms with van der Waals surface area (Å²) in [5, 5.41) is 0. The van der Waals surface area contributed by atoms with Crippen molar-refractivity contribution in [1.82, 2.24) is 0 Å². The zero-order valence-corrected chi connectivity index (χ0v) is 6.94. The van der Waals surface area contributed by atoms with Crippen molar-refractivity contribution >= 4 is 5.69 Å². The SMILES string of the molecule is Nc1ccc(F)cc1OCC(F)(F)F. The van der Waals surface area contributed by atoms with Crippen LogP contribution in [0.1, 0.15) is 0 Å². The van der Waals surface area contributed by atoms with E-state index in [0.717, 1.165) is 18.2 Å². The van der Waals surface area contributed by atoms with Gasteiger partial charge in [0, 0.05) is 6.07 Å². The Morgan fingerprint density at radius 1 is 1.29 bits per heavy atom. The summed E-state index contributed by atoms with van der Waals surface area (Å²) in [5.74, 6) is -1.00. The van der Waals surface area contributed by atoms with Crippen molar-refractivity contribution in [3.8, 4) is 5.75 Å². The molecule has 1 rings (SSSR count). The lowest BCUT2D eigenvalue weighted by molar-refractivity contribution is -0.153. The first kappa shape index (κ1) is 10.6. The molecule has 0 bridgehead atoms. The molecule has 0 unspecified atom stereocenters. The highest BCUT2D eigenvalue weighted by Crippen LogP contribution is 2.24. The number of benzene rings is 1. The fourth-order valence-electron chi connectivity index (χ4n) is 0.793. The molecule has 2 N–H and O–H groups in total. The molecule has 0 heterocycles. The Balaban J connectivity index is 2.72. The first-order chi connectivity index (χ1) is 6.38. The second-order valence-electron chi connectivity index (χ2n) is 2.59. The molecule has 0 aliphatic carbocycles. The molecule has 2 nitrogen and oxygen atoms in total. The summed E-state index contributed by atoms with van der Waals surface area (Å²) in [7, 11) is 0. The Labute approximate surface area is 77.3 Å². The molecule has 0 aromatic heterocycles. The Bertz CT molecular complexity index is 324. The van der Waals surface area contributed by atoms with Gasteiger partial charge in [-0.05, 0) is 12.1 Å². The third-order valence-corrected chi connectivity index (χ3v) is 1.37. The monoisotopic (exact) mass is 209 g/mol. The summed E-state index contributed by atoms with van der Waals surface area (Å²) >= 11 is 0. The highest BCUT2D eigenvalue weighted by Gasteiger charge is 2.28. The van der Waals surface area contributed by atoms with Gasteiger partial charge in [-0.15, -0.1) is 0 Å². The van der Waals surface area contributed by atoms with Crippen LogP contribution in [0.2, 0.25) is 0 Å². The lowest BCUT2D eigenvalue weighted by Gasteiger charge is -2.10. The van der Waals surface area contributed by atoms with E-state index in [-0.39, 0.29) is 11.4 Å². The molecule has 0 radical (unpaired) electrons. The van der Waals surface area contributed by atoms with Crippen LogP contribution in [-0.4, -0.2) is 12.8 Å². The van der Waals surface area contributed by atoms with Gasteiger partial charge in [0.25, 0.3) is 0 Å². The van der Waals surface area contributed by atoms with Crippen molar-refractivity contribution in [3.63, 3.8) is 0 Å². The molecule has 78 valence electrons. The molecule has 0 aliphatic heterocycles. The molecular formula is C8H7F4NO. The van der Waals surface area contributed by atoms with E-state index in [1.165, 1.54) is 0 Å². The Hall–Kier alpha value is -1.46. The van der Waals surface area contributed by atoms with E-state index in [1.54, 1.807) is 0 Å². The van der Waals surface area contributed by atoms with Crippen molar-refractivity contribution < 1.29 is 22.3 Å². The molecular weight excluding hydrogens is 202 g/mol. The number of halogens is 4. The number of hydrogen-bond acceptors (Lipinski definition) is 2. The fraction of sp³-hybridized carbons (Fsp3) is 0.250. The van der Waals surface area contributed by atoms with Crippen LogP contribution in [0.3, 0.4) is 0 Å². The van der Waals surface area contributed by atoms with Crippen LogP contribution in [0.15, 0.2) is 18.2 Å². The van der Waals surface area contributed by atoms with Crippen LogP contribution in [0.25, 0.3) is 0 Å². The average molecular weight is 209 g/mol. The number of hydrogen-bond donors (Lipinski definition) is 1. The van der Waals surface area contributed by atoms with Crippen LogP contribution in [0.4, 0.5) is 23.2 Å². The summed E-state index contributed by atoms with van der Waals surface area (Å²) in [6.45, 7) is -1.49. The first-order valence-electron chi connectivity index (χ1n) is 3.63. The second kappa shape index (κ2) is 3.73. The minimum atomic E-state index is -4.46. The molecule has 6 heteroatoms. The van der Waals surface area contributed by atoms with Crippen molar-refractivity contribution in [1.29, 1.82) is 0 Å². The molecule has 14 heavy (non-hydrogen) atoms. The van der Waals surface area contributed by atoms with Crippen LogP contribution in [0.5, 0.6) is 5.75 Å². The number of nitrogens with two attached hydrogens (primary N) is 1. The minimum Gasteiger partial charge on any atom is -0.482 e. The van der Waals surface area contributed by atoms with Crippen LogP contribution in [0, 0.1) is 5.82 Å². The van der Waals surface area contributed by atoms with Gasteiger partial charge in [0.2, 0.25) is 0 Å². The quantitative estimate of drug-likeness (QED) is 0.599. The van der Waals surface area contributed by atoms with Crippen LogP contribution < -0.4 is 10.5 Å². The van der Waals surface area contributed by atoms with Crippen molar-refractivity contribution in [2.24, 2.45) is 0 Å². The molecule has 0 aliphatic rings. The van der Waals surface area contributed by atoms with Crippen LogP contribution >= 0.6 is 0 Å². The van der Waals surface area contributed by atoms with E-state index in [0.29, 0.717) is 0 Å². The molecule has 1 aromatic carbocycles. The predicted molar refractivity (Wildman–Crippen MR) is 42.4 cm³/mol. The molecule has 0 spiro atoms. The Kier molecular flexibility index (Phi) is 2.83. The van der Waals surface area contributed by atoms with Crippen molar-refractivity contribution in [3.05, 3.63) is 24.0 Å². The highest BCUT2D eigenvalue weighted by atomic mass is 19.4. The molecule has 0 saturated carbocycles. The molecule has 1 aromatic rings. The van der Waals surface area contributed by atoms with Gasteiger partial charge >= 0.3 is 6.18 Å². The van der Waals surface area contributed by atoms with Gasteiger partial charge in [-0.1, -0.05) is 0 Å². The first-order valence-corrected chi connectivity index (χ1v) is 3.63. The predicted octanol–water partition coefficient (Wildman–Crippen LogP) is 2.35. The number of nitrogen functional groups attached to an aromatic ring is 1. The third-order valence-electron chi connectivity index (χ3n) is 1.37. The average Bonchev–Trinajstić information content (AvgIpc) is 2.05. The van der Waals surface area contributed by atoms with E-state index >= 15 is 0 Å². The zero-order valence-electron chi connectivity index (χ0n) is 6.94. The lowest BCUT2D eigenvalue weighted by Crippen LogP contribution is -2.19. The van der Waals surface area contributed by atoms with Gasteiger partial charge < -0.3 is 10.5 Å². The van der Waals surface area contributed by atoms with E-state index < -0.39 is 18.6 Å². The van der Waals surface area contributed by atoms with Gasteiger partial charge in [-0.2, -0.15) is 13.2 Å². The topological polar surface area (TPSA) is 35.2 Å². The van der Waals surface area contributed by atoms with E-state index in [1.807, 2.05) is 0 Å². The van der Waals surface area contributed by atoms with Crippen molar-refractivity contribution in [2.75, 3.05) is 12.3 Å². The standard InChI is InChI=1S/C8H7F4NO/c9-5-1-2-6(13)7(3-5)14-4-8(10,11)12/h1-3H,4,13H2. The fourth-order valence-corrected chi connectivity index (χ4v) is 0.793. The summed E-state index contributed by atoms with van der Waals surface area (Å²) in [5.41, 5.74) is 5.23. The highest BCUT2D eigenvalue weighted by molar-refractivity contribution is 5.52.